The summed E-state index contributed by atoms with van der Waals surface area (Å²) in [6.45, 7) is 7.70. The van der Waals surface area contributed by atoms with E-state index in [0.29, 0.717) is 19.8 Å². The molecule has 4 heteroatoms. The van der Waals surface area contributed by atoms with Crippen LogP contribution in [0.5, 0.6) is 0 Å². The molecule has 0 aromatic rings. The predicted molar refractivity (Wildman–Crippen MR) is 70.9 cm³/mol. The van der Waals surface area contributed by atoms with Crippen LogP contribution in [0.2, 0.25) is 0 Å². The van der Waals surface area contributed by atoms with Crippen molar-refractivity contribution in [2.45, 2.75) is 58.4 Å². The molecule has 0 saturated heterocycles. The zero-order chi connectivity index (χ0) is 13.1. The van der Waals surface area contributed by atoms with E-state index in [1.807, 2.05) is 6.92 Å². The fourth-order valence-corrected chi connectivity index (χ4v) is 1.68. The van der Waals surface area contributed by atoms with Gasteiger partial charge in [-0.25, -0.2) is 0 Å². The van der Waals surface area contributed by atoms with Gasteiger partial charge in [-0.3, -0.25) is 4.79 Å². The molecule has 0 rings (SSSR count). The van der Waals surface area contributed by atoms with Gasteiger partial charge in [0.1, 0.15) is 5.54 Å². The molecule has 17 heavy (non-hydrogen) atoms. The van der Waals surface area contributed by atoms with Crippen LogP contribution in [0.25, 0.3) is 0 Å². The van der Waals surface area contributed by atoms with E-state index in [1.165, 1.54) is 25.7 Å². The molecule has 0 radical (unpaired) electrons. The summed E-state index contributed by atoms with van der Waals surface area (Å²) in [5.41, 5.74) is 4.62. The first-order valence-corrected chi connectivity index (χ1v) is 6.69. The fourth-order valence-electron chi connectivity index (χ4n) is 1.68. The standard InChI is InChI=1S/C13H28N2O2/c1-4-6-7-8-9-10-17-11-13(3,12(14)16)15-5-2/h15H,4-11H2,1-3H3,(H2,14,16). The Hall–Kier alpha value is -0.610. The van der Waals surface area contributed by atoms with E-state index in [1.54, 1.807) is 6.92 Å². The Bertz CT molecular complexity index is 210. The van der Waals surface area contributed by atoms with Crippen molar-refractivity contribution < 1.29 is 9.53 Å². The van der Waals surface area contributed by atoms with E-state index in [2.05, 4.69) is 12.2 Å². The average Bonchev–Trinajstić information content (AvgIpc) is 2.28. The molecule has 0 saturated carbocycles. The van der Waals surface area contributed by atoms with Crippen molar-refractivity contribution in [2.75, 3.05) is 19.8 Å². The van der Waals surface area contributed by atoms with Crippen molar-refractivity contribution in [3.63, 3.8) is 0 Å². The molecule has 0 aliphatic carbocycles. The van der Waals surface area contributed by atoms with Gasteiger partial charge in [-0.2, -0.15) is 0 Å². The van der Waals surface area contributed by atoms with Crippen molar-refractivity contribution >= 4 is 5.91 Å². The molecule has 3 N–H and O–H groups in total. The molecule has 0 fully saturated rings. The van der Waals surface area contributed by atoms with Crippen molar-refractivity contribution in [2.24, 2.45) is 5.73 Å². The first-order chi connectivity index (χ1) is 8.06. The normalized spacial score (nSPS) is 14.5. The van der Waals surface area contributed by atoms with Gasteiger partial charge in [0.15, 0.2) is 0 Å². The van der Waals surface area contributed by atoms with Gasteiger partial charge in [0, 0.05) is 6.61 Å². The summed E-state index contributed by atoms with van der Waals surface area (Å²) >= 11 is 0. The van der Waals surface area contributed by atoms with Crippen LogP contribution in [-0.2, 0) is 9.53 Å². The number of nitrogens with two attached hydrogens (primary N) is 1. The summed E-state index contributed by atoms with van der Waals surface area (Å²) in [6.07, 6.45) is 6.06. The van der Waals surface area contributed by atoms with Gasteiger partial charge < -0.3 is 15.8 Å². The van der Waals surface area contributed by atoms with E-state index in [4.69, 9.17) is 10.5 Å². The Morgan fingerprint density at radius 3 is 2.41 bits per heavy atom. The van der Waals surface area contributed by atoms with Crippen LogP contribution in [0.15, 0.2) is 0 Å². The first kappa shape index (κ1) is 16.4. The number of nitrogens with one attached hydrogen (secondary N) is 1. The van der Waals surface area contributed by atoms with Gasteiger partial charge in [0.25, 0.3) is 0 Å². The second-order valence-corrected chi connectivity index (χ2v) is 4.69. The second-order valence-electron chi connectivity index (χ2n) is 4.69. The lowest BCUT2D eigenvalue weighted by molar-refractivity contribution is -0.126. The largest absolute Gasteiger partial charge is 0.379 e. The van der Waals surface area contributed by atoms with E-state index < -0.39 is 5.54 Å². The fraction of sp³-hybridized carbons (Fsp3) is 0.923. The molecule has 1 atom stereocenters. The summed E-state index contributed by atoms with van der Waals surface area (Å²) in [7, 11) is 0. The van der Waals surface area contributed by atoms with Gasteiger partial charge in [-0.1, -0.05) is 39.5 Å². The number of rotatable bonds is 11. The minimum atomic E-state index is -0.738. The molecule has 1 amide bonds. The third-order valence-corrected chi connectivity index (χ3v) is 2.89. The van der Waals surface area contributed by atoms with Crippen LogP contribution in [0.4, 0.5) is 0 Å². The Kier molecular flexibility index (Phi) is 9.09. The molecule has 0 heterocycles. The Morgan fingerprint density at radius 2 is 1.88 bits per heavy atom. The van der Waals surface area contributed by atoms with Crippen LogP contribution >= 0.6 is 0 Å². The second kappa shape index (κ2) is 9.42. The summed E-state index contributed by atoms with van der Waals surface area (Å²) in [4.78, 5) is 11.3. The molecule has 0 aromatic carbocycles. The van der Waals surface area contributed by atoms with Gasteiger partial charge in [-0.15, -0.1) is 0 Å². The smallest absolute Gasteiger partial charge is 0.239 e. The summed E-state index contributed by atoms with van der Waals surface area (Å²) in [5, 5.41) is 3.07. The number of likely N-dealkylation sites (N-methyl/N-ethyl adjacent to an activating group) is 1. The molecule has 0 spiro atoms. The Morgan fingerprint density at radius 1 is 1.24 bits per heavy atom. The van der Waals surface area contributed by atoms with Crippen LogP contribution in [0.3, 0.4) is 0 Å². The monoisotopic (exact) mass is 244 g/mol. The van der Waals surface area contributed by atoms with Crippen LogP contribution in [0, 0.1) is 0 Å². The maximum absolute atomic E-state index is 11.3. The van der Waals surface area contributed by atoms with Crippen LogP contribution in [-0.4, -0.2) is 31.2 Å². The van der Waals surface area contributed by atoms with Crippen LogP contribution in [0.1, 0.15) is 52.9 Å². The average molecular weight is 244 g/mol. The quantitative estimate of drug-likeness (QED) is 0.545. The highest BCUT2D eigenvalue weighted by Crippen LogP contribution is 2.06. The number of ether oxygens (including phenoxy) is 1. The minimum absolute atomic E-state index is 0.351. The van der Waals surface area contributed by atoms with Crippen molar-refractivity contribution in [3.8, 4) is 0 Å². The molecule has 4 nitrogen and oxygen atoms in total. The third-order valence-electron chi connectivity index (χ3n) is 2.89. The van der Waals surface area contributed by atoms with Gasteiger partial charge in [0.2, 0.25) is 5.91 Å². The third kappa shape index (κ3) is 7.34. The minimum Gasteiger partial charge on any atom is -0.379 e. The zero-order valence-corrected chi connectivity index (χ0v) is 11.6. The highest BCUT2D eigenvalue weighted by molar-refractivity contribution is 5.84. The lowest BCUT2D eigenvalue weighted by Gasteiger charge is -2.26. The molecule has 1 unspecified atom stereocenters. The van der Waals surface area contributed by atoms with Crippen molar-refractivity contribution in [3.05, 3.63) is 0 Å². The van der Waals surface area contributed by atoms with Gasteiger partial charge in [0.05, 0.1) is 6.61 Å². The summed E-state index contributed by atoms with van der Waals surface area (Å²) in [5.74, 6) is -0.356. The number of primary amides is 1. The molecule has 0 aromatic heterocycles. The SMILES string of the molecule is CCCCCCCOCC(C)(NCC)C(N)=O. The maximum Gasteiger partial charge on any atom is 0.239 e. The van der Waals surface area contributed by atoms with Crippen molar-refractivity contribution in [1.29, 1.82) is 0 Å². The summed E-state index contributed by atoms with van der Waals surface area (Å²) in [6, 6.07) is 0. The molecule has 102 valence electrons. The lowest BCUT2D eigenvalue weighted by atomic mass is 10.0. The first-order valence-electron chi connectivity index (χ1n) is 6.69. The van der Waals surface area contributed by atoms with E-state index in [-0.39, 0.29) is 5.91 Å². The Labute approximate surface area is 105 Å². The van der Waals surface area contributed by atoms with E-state index in [0.717, 1.165) is 6.42 Å². The van der Waals surface area contributed by atoms with Crippen LogP contribution < -0.4 is 11.1 Å². The van der Waals surface area contributed by atoms with E-state index in [9.17, 15) is 4.79 Å². The lowest BCUT2D eigenvalue weighted by Crippen LogP contribution is -2.56. The number of amides is 1. The highest BCUT2D eigenvalue weighted by Gasteiger charge is 2.29. The number of hydrogen-bond donors (Lipinski definition) is 2. The van der Waals surface area contributed by atoms with Gasteiger partial charge >= 0.3 is 0 Å². The molecule has 0 bridgehead atoms. The predicted octanol–water partition coefficient (Wildman–Crippen LogP) is 1.83. The van der Waals surface area contributed by atoms with E-state index >= 15 is 0 Å². The summed E-state index contributed by atoms with van der Waals surface area (Å²) < 4.78 is 5.53. The number of carbonyl (C=O) groups is 1. The number of carbonyl (C=O) groups excluding carboxylic acids is 1. The molecule has 0 aliphatic rings. The number of hydrogen-bond acceptors (Lipinski definition) is 3. The Balaban J connectivity index is 3.65. The maximum atomic E-state index is 11.3. The number of unbranched alkanes of at least 4 members (excludes halogenated alkanes) is 4. The zero-order valence-electron chi connectivity index (χ0n) is 11.6. The van der Waals surface area contributed by atoms with Gasteiger partial charge in [-0.05, 0) is 19.9 Å². The van der Waals surface area contributed by atoms with Crippen molar-refractivity contribution in [1.82, 2.24) is 5.32 Å². The topological polar surface area (TPSA) is 64.3 Å². The highest BCUT2D eigenvalue weighted by atomic mass is 16.5. The molecular formula is C13H28N2O2. The molecule has 0 aliphatic heterocycles. The molecular weight excluding hydrogens is 216 g/mol.